The van der Waals surface area contributed by atoms with Gasteiger partial charge < -0.3 is 4.74 Å². The highest BCUT2D eigenvalue weighted by Gasteiger charge is 2.38. The summed E-state index contributed by atoms with van der Waals surface area (Å²) < 4.78 is 4.65. The zero-order chi connectivity index (χ0) is 10.8. The molecule has 1 aliphatic rings. The number of hydrogen-bond donors (Lipinski definition) is 0. The average Bonchev–Trinajstić information content (AvgIpc) is 2.11. The van der Waals surface area contributed by atoms with Crippen molar-refractivity contribution in [1.29, 1.82) is 0 Å². The molecule has 3 heteroatoms. The Morgan fingerprint density at radius 1 is 1.29 bits per heavy atom. The molecule has 0 atom stereocenters. The highest BCUT2D eigenvalue weighted by atomic mass is 35.5. The zero-order valence-electron chi connectivity index (χ0n) is 9.23. The Balaban J connectivity index is 2.49. The van der Waals surface area contributed by atoms with Crippen LogP contribution in [0.3, 0.4) is 0 Å². The maximum atomic E-state index is 11.1. The molecule has 2 nitrogen and oxygen atoms in total. The number of rotatable bonds is 2. The first kappa shape index (κ1) is 11.8. The van der Waals surface area contributed by atoms with Gasteiger partial charge in [-0.05, 0) is 31.1 Å². The molecule has 0 amide bonds. The zero-order valence-corrected chi connectivity index (χ0v) is 9.99. The summed E-state index contributed by atoms with van der Waals surface area (Å²) in [4.78, 5) is 10.8. The average molecular weight is 219 g/mol. The SMILES string of the molecule is COC(=O)CC1(Cl)CCC(C)(C)CC1. The lowest BCUT2D eigenvalue weighted by Crippen LogP contribution is -2.34. The Hall–Kier alpha value is -0.240. The van der Waals surface area contributed by atoms with E-state index in [0.717, 1.165) is 25.7 Å². The van der Waals surface area contributed by atoms with Crippen LogP contribution in [0, 0.1) is 5.41 Å². The fourth-order valence-electron chi connectivity index (χ4n) is 1.88. The molecule has 0 N–H and O–H groups in total. The van der Waals surface area contributed by atoms with Gasteiger partial charge in [0.15, 0.2) is 0 Å². The monoisotopic (exact) mass is 218 g/mol. The predicted molar refractivity (Wildman–Crippen MR) is 57.5 cm³/mol. The highest BCUT2D eigenvalue weighted by Crippen LogP contribution is 2.45. The minimum absolute atomic E-state index is 0.195. The number of methoxy groups -OCH3 is 1. The van der Waals surface area contributed by atoms with Gasteiger partial charge in [-0.15, -0.1) is 11.6 Å². The third-order valence-electron chi connectivity index (χ3n) is 3.19. The minimum atomic E-state index is -0.345. The summed E-state index contributed by atoms with van der Waals surface area (Å²) in [6, 6.07) is 0. The summed E-state index contributed by atoms with van der Waals surface area (Å²) in [6.07, 6.45) is 4.36. The van der Waals surface area contributed by atoms with Crippen molar-refractivity contribution in [3.8, 4) is 0 Å². The van der Waals surface area contributed by atoms with Crippen molar-refractivity contribution in [3.05, 3.63) is 0 Å². The summed E-state index contributed by atoms with van der Waals surface area (Å²) in [5.74, 6) is -0.195. The number of alkyl halides is 1. The number of hydrogen-bond acceptors (Lipinski definition) is 2. The van der Waals surface area contributed by atoms with Gasteiger partial charge in [0.2, 0.25) is 0 Å². The predicted octanol–water partition coefficient (Wildman–Crippen LogP) is 3.13. The summed E-state index contributed by atoms with van der Waals surface area (Å²) in [5.41, 5.74) is 0.383. The number of carbonyl (C=O) groups is 1. The largest absolute Gasteiger partial charge is 0.469 e. The summed E-state index contributed by atoms with van der Waals surface area (Å²) in [6.45, 7) is 4.50. The van der Waals surface area contributed by atoms with Crippen molar-refractivity contribution < 1.29 is 9.53 Å². The molecule has 1 fully saturated rings. The highest BCUT2D eigenvalue weighted by molar-refractivity contribution is 6.25. The number of carbonyl (C=O) groups excluding carboxylic acids is 1. The van der Waals surface area contributed by atoms with Gasteiger partial charge in [-0.25, -0.2) is 0 Å². The van der Waals surface area contributed by atoms with Crippen molar-refractivity contribution in [2.24, 2.45) is 5.41 Å². The first-order chi connectivity index (χ1) is 6.37. The van der Waals surface area contributed by atoms with Crippen molar-refractivity contribution in [2.45, 2.75) is 50.8 Å². The second-order valence-electron chi connectivity index (χ2n) is 5.07. The third-order valence-corrected chi connectivity index (χ3v) is 3.70. The number of ether oxygens (including phenoxy) is 1. The lowest BCUT2D eigenvalue weighted by atomic mass is 9.72. The van der Waals surface area contributed by atoms with Gasteiger partial charge in [0.25, 0.3) is 0 Å². The lowest BCUT2D eigenvalue weighted by Gasteiger charge is -2.39. The maximum absolute atomic E-state index is 11.1. The number of esters is 1. The third kappa shape index (κ3) is 3.16. The minimum Gasteiger partial charge on any atom is -0.469 e. The lowest BCUT2D eigenvalue weighted by molar-refractivity contribution is -0.141. The molecule has 0 unspecified atom stereocenters. The van der Waals surface area contributed by atoms with Crippen LogP contribution in [-0.4, -0.2) is 18.0 Å². The van der Waals surface area contributed by atoms with E-state index in [1.54, 1.807) is 0 Å². The van der Waals surface area contributed by atoms with E-state index in [2.05, 4.69) is 18.6 Å². The van der Waals surface area contributed by atoms with Gasteiger partial charge >= 0.3 is 5.97 Å². The van der Waals surface area contributed by atoms with E-state index in [1.165, 1.54) is 7.11 Å². The van der Waals surface area contributed by atoms with E-state index in [-0.39, 0.29) is 10.8 Å². The molecular weight excluding hydrogens is 200 g/mol. The van der Waals surface area contributed by atoms with Gasteiger partial charge in [-0.3, -0.25) is 4.79 Å². The van der Waals surface area contributed by atoms with Crippen LogP contribution in [0.25, 0.3) is 0 Å². The molecule has 0 spiro atoms. The summed E-state index contributed by atoms with van der Waals surface area (Å²) in [5, 5.41) is 0. The van der Waals surface area contributed by atoms with Gasteiger partial charge in [-0.2, -0.15) is 0 Å². The molecule has 0 aliphatic heterocycles. The fourth-order valence-corrected chi connectivity index (χ4v) is 2.18. The van der Waals surface area contributed by atoms with E-state index in [4.69, 9.17) is 11.6 Å². The van der Waals surface area contributed by atoms with Crippen LogP contribution in [0.5, 0.6) is 0 Å². The molecule has 0 heterocycles. The van der Waals surface area contributed by atoms with Crippen LogP contribution >= 0.6 is 11.6 Å². The van der Waals surface area contributed by atoms with Gasteiger partial charge in [0.05, 0.1) is 18.4 Å². The molecule has 0 aromatic heterocycles. The molecule has 0 saturated heterocycles. The van der Waals surface area contributed by atoms with Crippen LogP contribution in [0.15, 0.2) is 0 Å². The van der Waals surface area contributed by atoms with E-state index in [0.29, 0.717) is 11.8 Å². The molecule has 14 heavy (non-hydrogen) atoms. The first-order valence-corrected chi connectivity index (χ1v) is 5.50. The summed E-state index contributed by atoms with van der Waals surface area (Å²) >= 11 is 6.38. The van der Waals surface area contributed by atoms with Crippen molar-refractivity contribution in [2.75, 3.05) is 7.11 Å². The Bertz CT molecular complexity index is 213. The van der Waals surface area contributed by atoms with Gasteiger partial charge in [0.1, 0.15) is 0 Å². The second-order valence-corrected chi connectivity index (χ2v) is 5.87. The van der Waals surface area contributed by atoms with Crippen molar-refractivity contribution >= 4 is 17.6 Å². The Morgan fingerprint density at radius 2 is 1.79 bits per heavy atom. The van der Waals surface area contributed by atoms with Crippen LogP contribution in [0.4, 0.5) is 0 Å². The van der Waals surface area contributed by atoms with Crippen molar-refractivity contribution in [1.82, 2.24) is 0 Å². The molecule has 1 saturated carbocycles. The summed E-state index contributed by atoms with van der Waals surface area (Å²) in [7, 11) is 1.41. The van der Waals surface area contributed by atoms with Crippen LogP contribution < -0.4 is 0 Å². The molecule has 1 aliphatic carbocycles. The molecule has 0 bridgehead atoms. The van der Waals surface area contributed by atoms with E-state index in [9.17, 15) is 4.79 Å². The normalized spacial score (nSPS) is 24.3. The molecule has 0 radical (unpaired) electrons. The van der Waals surface area contributed by atoms with Crippen molar-refractivity contribution in [3.63, 3.8) is 0 Å². The Kier molecular flexibility index (Phi) is 3.46. The fraction of sp³-hybridized carbons (Fsp3) is 0.909. The van der Waals surface area contributed by atoms with Gasteiger partial charge in [0, 0.05) is 0 Å². The first-order valence-electron chi connectivity index (χ1n) is 5.13. The standard InChI is InChI=1S/C11H19ClO2/c1-10(2)4-6-11(12,7-5-10)8-9(13)14-3/h4-8H2,1-3H3. The molecule has 1 rings (SSSR count). The van der Waals surface area contributed by atoms with E-state index in [1.807, 2.05) is 0 Å². The second kappa shape index (κ2) is 4.09. The van der Waals surface area contributed by atoms with Crippen LogP contribution in [0.1, 0.15) is 46.0 Å². The Labute approximate surface area is 91.0 Å². The molecule has 0 aromatic rings. The van der Waals surface area contributed by atoms with Crippen LogP contribution in [0.2, 0.25) is 0 Å². The van der Waals surface area contributed by atoms with Crippen LogP contribution in [-0.2, 0) is 9.53 Å². The topological polar surface area (TPSA) is 26.3 Å². The van der Waals surface area contributed by atoms with Gasteiger partial charge in [-0.1, -0.05) is 13.8 Å². The number of halogens is 1. The Morgan fingerprint density at radius 3 is 2.21 bits per heavy atom. The quantitative estimate of drug-likeness (QED) is 0.526. The maximum Gasteiger partial charge on any atom is 0.307 e. The molecule has 82 valence electrons. The smallest absolute Gasteiger partial charge is 0.307 e. The molecular formula is C11H19ClO2. The van der Waals surface area contributed by atoms with E-state index < -0.39 is 0 Å². The molecule has 0 aromatic carbocycles. The van der Waals surface area contributed by atoms with E-state index >= 15 is 0 Å².